The van der Waals surface area contributed by atoms with E-state index in [0.717, 1.165) is 19.0 Å². The number of aliphatic hydroxyl groups excluding tert-OH is 1. The van der Waals surface area contributed by atoms with Crippen molar-refractivity contribution in [3.8, 4) is 0 Å². The summed E-state index contributed by atoms with van der Waals surface area (Å²) in [5.74, 6) is 0.935. The summed E-state index contributed by atoms with van der Waals surface area (Å²) >= 11 is 0. The Bertz CT molecular complexity index is 159. The van der Waals surface area contributed by atoms with E-state index >= 15 is 0 Å². The van der Waals surface area contributed by atoms with Gasteiger partial charge in [0.1, 0.15) is 0 Å². The molecule has 1 heterocycles. The van der Waals surface area contributed by atoms with Crippen molar-refractivity contribution in [3.05, 3.63) is 0 Å². The molecule has 0 spiro atoms. The Morgan fingerprint density at radius 1 is 1.23 bits per heavy atom. The molecule has 0 aromatic carbocycles. The number of rotatable bonds is 3. The van der Waals surface area contributed by atoms with Crippen molar-refractivity contribution in [1.29, 1.82) is 0 Å². The van der Waals surface area contributed by atoms with E-state index in [4.69, 9.17) is 0 Å². The van der Waals surface area contributed by atoms with E-state index in [2.05, 4.69) is 5.32 Å². The quantitative estimate of drug-likeness (QED) is 0.695. The van der Waals surface area contributed by atoms with E-state index in [1.807, 2.05) is 0 Å². The first-order valence-corrected chi connectivity index (χ1v) is 5.66. The highest BCUT2D eigenvalue weighted by Gasteiger charge is 2.35. The van der Waals surface area contributed by atoms with Gasteiger partial charge < -0.3 is 10.4 Å². The molecule has 0 radical (unpaired) electrons. The predicted molar refractivity (Wildman–Crippen MR) is 53.6 cm³/mol. The van der Waals surface area contributed by atoms with Gasteiger partial charge in [0.15, 0.2) is 0 Å². The topological polar surface area (TPSA) is 32.3 Å². The van der Waals surface area contributed by atoms with Gasteiger partial charge in [0.2, 0.25) is 0 Å². The molecular weight excluding hydrogens is 162 g/mol. The zero-order valence-corrected chi connectivity index (χ0v) is 8.39. The maximum Gasteiger partial charge on any atom is 0.0488 e. The largest absolute Gasteiger partial charge is 0.396 e. The second kappa shape index (κ2) is 3.97. The molecule has 2 fully saturated rings. The molecule has 2 heteroatoms. The molecule has 0 amide bonds. The molecule has 2 aliphatic rings. The van der Waals surface area contributed by atoms with Gasteiger partial charge in [0, 0.05) is 6.61 Å². The van der Waals surface area contributed by atoms with E-state index < -0.39 is 0 Å². The monoisotopic (exact) mass is 183 g/mol. The van der Waals surface area contributed by atoms with Gasteiger partial charge in [-0.3, -0.25) is 0 Å². The highest BCUT2D eigenvalue weighted by Crippen LogP contribution is 2.41. The summed E-state index contributed by atoms with van der Waals surface area (Å²) in [6, 6.07) is 0. The van der Waals surface area contributed by atoms with Crippen LogP contribution in [0.4, 0.5) is 0 Å². The Morgan fingerprint density at radius 2 is 1.92 bits per heavy atom. The first-order chi connectivity index (χ1) is 6.35. The lowest BCUT2D eigenvalue weighted by Crippen LogP contribution is -2.41. The molecule has 76 valence electrons. The Labute approximate surface area is 80.7 Å². The van der Waals surface area contributed by atoms with Gasteiger partial charge in [-0.25, -0.2) is 0 Å². The Balaban J connectivity index is 1.88. The van der Waals surface area contributed by atoms with Crippen LogP contribution in [-0.4, -0.2) is 24.8 Å². The SMILES string of the molecule is OCC1(CC2CCC2)CCNCC1. The molecule has 1 saturated heterocycles. The van der Waals surface area contributed by atoms with Crippen LogP contribution in [0.25, 0.3) is 0 Å². The molecule has 2 N–H and O–H groups in total. The summed E-state index contributed by atoms with van der Waals surface area (Å²) < 4.78 is 0. The number of hydrogen-bond donors (Lipinski definition) is 2. The Kier molecular flexibility index (Phi) is 2.89. The lowest BCUT2D eigenvalue weighted by Gasteiger charge is -2.41. The fraction of sp³-hybridized carbons (Fsp3) is 1.00. The van der Waals surface area contributed by atoms with E-state index in [-0.39, 0.29) is 5.41 Å². The van der Waals surface area contributed by atoms with Crippen molar-refractivity contribution >= 4 is 0 Å². The Morgan fingerprint density at radius 3 is 2.38 bits per heavy atom. The van der Waals surface area contributed by atoms with Crippen LogP contribution in [0.2, 0.25) is 0 Å². The minimum Gasteiger partial charge on any atom is -0.396 e. The van der Waals surface area contributed by atoms with Crippen LogP contribution in [-0.2, 0) is 0 Å². The summed E-state index contributed by atoms with van der Waals surface area (Å²) in [4.78, 5) is 0. The highest BCUT2D eigenvalue weighted by atomic mass is 16.3. The number of hydrogen-bond acceptors (Lipinski definition) is 2. The average molecular weight is 183 g/mol. The van der Waals surface area contributed by atoms with E-state index in [1.54, 1.807) is 0 Å². The third-order valence-electron chi connectivity index (χ3n) is 3.95. The molecule has 1 aliphatic carbocycles. The van der Waals surface area contributed by atoms with Crippen LogP contribution in [0, 0.1) is 11.3 Å². The van der Waals surface area contributed by atoms with Gasteiger partial charge in [0.25, 0.3) is 0 Å². The number of aliphatic hydroxyl groups is 1. The minimum absolute atomic E-state index is 0.288. The Hall–Kier alpha value is -0.0800. The molecule has 1 saturated carbocycles. The molecule has 0 bridgehead atoms. The molecule has 0 aromatic rings. The summed E-state index contributed by atoms with van der Waals surface area (Å²) in [6.45, 7) is 2.62. The maximum absolute atomic E-state index is 9.48. The van der Waals surface area contributed by atoms with Crippen LogP contribution in [0.15, 0.2) is 0 Å². The van der Waals surface area contributed by atoms with Crippen molar-refractivity contribution in [2.45, 2.75) is 38.5 Å². The average Bonchev–Trinajstić information content (AvgIpc) is 2.13. The fourth-order valence-electron chi connectivity index (χ4n) is 2.69. The third-order valence-corrected chi connectivity index (χ3v) is 3.95. The molecule has 2 nitrogen and oxygen atoms in total. The minimum atomic E-state index is 0.288. The van der Waals surface area contributed by atoms with Crippen molar-refractivity contribution in [1.82, 2.24) is 5.32 Å². The molecule has 1 aliphatic heterocycles. The van der Waals surface area contributed by atoms with Gasteiger partial charge in [0.05, 0.1) is 0 Å². The van der Waals surface area contributed by atoms with Gasteiger partial charge in [-0.15, -0.1) is 0 Å². The molecular formula is C11H21NO. The molecule has 0 atom stereocenters. The third kappa shape index (κ3) is 2.05. The summed E-state index contributed by atoms with van der Waals surface area (Å²) in [7, 11) is 0. The van der Waals surface area contributed by atoms with Gasteiger partial charge in [-0.2, -0.15) is 0 Å². The second-order valence-corrected chi connectivity index (χ2v) is 4.91. The molecule has 13 heavy (non-hydrogen) atoms. The lowest BCUT2D eigenvalue weighted by molar-refractivity contribution is 0.0475. The summed E-state index contributed by atoms with van der Waals surface area (Å²) in [5.41, 5.74) is 0.288. The highest BCUT2D eigenvalue weighted by molar-refractivity contribution is 4.88. The van der Waals surface area contributed by atoms with Crippen molar-refractivity contribution < 1.29 is 5.11 Å². The zero-order chi connectivity index (χ0) is 9.15. The van der Waals surface area contributed by atoms with Gasteiger partial charge >= 0.3 is 0 Å². The standard InChI is InChI=1S/C11H21NO/c13-9-11(4-6-12-7-5-11)8-10-2-1-3-10/h10,12-13H,1-9H2. The normalized spacial score (nSPS) is 28.4. The number of nitrogens with one attached hydrogen (secondary N) is 1. The first-order valence-electron chi connectivity index (χ1n) is 5.66. The smallest absolute Gasteiger partial charge is 0.0488 e. The van der Waals surface area contributed by atoms with Gasteiger partial charge in [-0.05, 0) is 43.7 Å². The number of piperidine rings is 1. The fourth-order valence-corrected chi connectivity index (χ4v) is 2.69. The van der Waals surface area contributed by atoms with Crippen LogP contribution in [0.3, 0.4) is 0 Å². The van der Waals surface area contributed by atoms with E-state index in [9.17, 15) is 5.11 Å². The van der Waals surface area contributed by atoms with Gasteiger partial charge in [-0.1, -0.05) is 19.3 Å². The van der Waals surface area contributed by atoms with Crippen LogP contribution >= 0.6 is 0 Å². The van der Waals surface area contributed by atoms with Crippen LogP contribution in [0.5, 0.6) is 0 Å². The molecule has 2 rings (SSSR count). The van der Waals surface area contributed by atoms with E-state index in [0.29, 0.717) is 6.61 Å². The van der Waals surface area contributed by atoms with Crippen molar-refractivity contribution in [2.75, 3.05) is 19.7 Å². The van der Waals surface area contributed by atoms with Crippen LogP contribution in [0.1, 0.15) is 38.5 Å². The molecule has 0 unspecified atom stereocenters. The molecule has 0 aromatic heterocycles. The second-order valence-electron chi connectivity index (χ2n) is 4.91. The summed E-state index contributed by atoms with van der Waals surface area (Å²) in [5, 5.41) is 12.9. The summed E-state index contributed by atoms with van der Waals surface area (Å²) in [6.07, 6.45) is 7.89. The van der Waals surface area contributed by atoms with Crippen molar-refractivity contribution in [3.63, 3.8) is 0 Å². The maximum atomic E-state index is 9.48. The predicted octanol–water partition coefficient (Wildman–Crippen LogP) is 1.54. The van der Waals surface area contributed by atoms with E-state index in [1.165, 1.54) is 38.5 Å². The first kappa shape index (κ1) is 9.47. The van der Waals surface area contributed by atoms with Crippen LogP contribution < -0.4 is 5.32 Å². The van der Waals surface area contributed by atoms with Crippen molar-refractivity contribution in [2.24, 2.45) is 11.3 Å². The zero-order valence-electron chi connectivity index (χ0n) is 8.39. The lowest BCUT2D eigenvalue weighted by atomic mass is 9.68.